The van der Waals surface area contributed by atoms with Gasteiger partial charge in [-0.15, -0.1) is 0 Å². The van der Waals surface area contributed by atoms with E-state index in [0.717, 1.165) is 5.56 Å². The van der Waals surface area contributed by atoms with Crippen molar-refractivity contribution in [3.8, 4) is 0 Å². The quantitative estimate of drug-likeness (QED) is 0.668. The van der Waals surface area contributed by atoms with Gasteiger partial charge in [0.1, 0.15) is 11.9 Å². The summed E-state index contributed by atoms with van der Waals surface area (Å²) in [6.45, 7) is 9.25. The van der Waals surface area contributed by atoms with Crippen LogP contribution in [-0.2, 0) is 4.74 Å². The first kappa shape index (κ1) is 18.4. The predicted molar refractivity (Wildman–Crippen MR) is 109 cm³/mol. The number of carbonyl (C=O) groups is 1. The number of hydrogen-bond donors (Lipinski definition) is 1. The second-order valence-corrected chi connectivity index (χ2v) is 7.09. The minimum Gasteiger partial charge on any atom is -0.443 e. The number of amides is 1. The monoisotopic (exact) mass is 362 g/mol. The maximum atomic E-state index is 13.1. The second-order valence-electron chi connectivity index (χ2n) is 7.09. The lowest BCUT2D eigenvalue weighted by atomic mass is 10.1. The van der Waals surface area contributed by atoms with E-state index in [1.54, 1.807) is 24.3 Å². The second kappa shape index (κ2) is 7.07. The van der Waals surface area contributed by atoms with E-state index in [9.17, 15) is 4.79 Å². The number of carbonyl (C=O) groups excluding carboxylic acids is 1. The largest absolute Gasteiger partial charge is 0.443 e. The third-order valence-electron chi connectivity index (χ3n) is 3.79. The first-order chi connectivity index (χ1) is 12.8. The highest BCUT2D eigenvalue weighted by atomic mass is 16.6. The number of nitrogen functional groups attached to an aromatic ring is 1. The van der Waals surface area contributed by atoms with Crippen LogP contribution < -0.4 is 10.6 Å². The van der Waals surface area contributed by atoms with Gasteiger partial charge in [0.05, 0.1) is 11.2 Å². The van der Waals surface area contributed by atoms with Gasteiger partial charge in [0.15, 0.2) is 5.82 Å². The molecule has 138 valence electrons. The fourth-order valence-electron chi connectivity index (χ4n) is 2.65. The molecule has 2 aromatic carbocycles. The minimum absolute atomic E-state index is 0.405. The average Bonchev–Trinajstić information content (AvgIpc) is 2.61. The van der Waals surface area contributed by atoms with E-state index in [1.807, 2.05) is 45.0 Å². The summed E-state index contributed by atoms with van der Waals surface area (Å²) < 4.78 is 5.63. The summed E-state index contributed by atoms with van der Waals surface area (Å²) in [5, 5.41) is 0.660. The number of nitrogens with two attached hydrogens (primary N) is 1. The highest BCUT2D eigenvalue weighted by Gasteiger charge is 2.27. The average molecular weight is 362 g/mol. The van der Waals surface area contributed by atoms with Crippen LogP contribution in [0, 0.1) is 0 Å². The van der Waals surface area contributed by atoms with Gasteiger partial charge in [-0.3, -0.25) is 0 Å². The van der Waals surface area contributed by atoms with Crippen LogP contribution in [0.15, 0.2) is 55.4 Å². The SMILES string of the molecule is C=Cc1cccc(N(C(=O)OC(C)(C)C)c2ncnc3ccc(N)cc23)c1. The Balaban J connectivity index is 2.22. The summed E-state index contributed by atoms with van der Waals surface area (Å²) in [7, 11) is 0. The molecule has 3 aromatic rings. The topological polar surface area (TPSA) is 81.3 Å². The van der Waals surface area contributed by atoms with Crippen molar-refractivity contribution in [3.63, 3.8) is 0 Å². The molecule has 0 aliphatic heterocycles. The van der Waals surface area contributed by atoms with Crippen LogP contribution in [-0.4, -0.2) is 21.7 Å². The minimum atomic E-state index is -0.659. The van der Waals surface area contributed by atoms with Crippen LogP contribution in [0.3, 0.4) is 0 Å². The summed E-state index contributed by atoms with van der Waals surface area (Å²) in [6.07, 6.45) is 2.60. The van der Waals surface area contributed by atoms with Crippen LogP contribution in [0.25, 0.3) is 17.0 Å². The van der Waals surface area contributed by atoms with Crippen molar-refractivity contribution in [2.45, 2.75) is 26.4 Å². The van der Waals surface area contributed by atoms with E-state index >= 15 is 0 Å². The fourth-order valence-corrected chi connectivity index (χ4v) is 2.65. The number of hydrogen-bond acceptors (Lipinski definition) is 5. The highest BCUT2D eigenvalue weighted by molar-refractivity contribution is 6.04. The molecule has 0 atom stereocenters. The number of anilines is 3. The summed E-state index contributed by atoms with van der Waals surface area (Å²) in [5.74, 6) is 0.405. The van der Waals surface area contributed by atoms with Crippen molar-refractivity contribution in [1.82, 2.24) is 9.97 Å². The lowest BCUT2D eigenvalue weighted by Gasteiger charge is -2.27. The van der Waals surface area contributed by atoms with Gasteiger partial charge in [0.25, 0.3) is 0 Å². The Labute approximate surface area is 158 Å². The Morgan fingerprint density at radius 3 is 2.67 bits per heavy atom. The summed E-state index contributed by atoms with van der Waals surface area (Å²) in [5.41, 5.74) is 8.02. The van der Waals surface area contributed by atoms with Gasteiger partial charge in [-0.05, 0) is 56.7 Å². The molecule has 2 N–H and O–H groups in total. The van der Waals surface area contributed by atoms with Gasteiger partial charge < -0.3 is 10.5 Å². The van der Waals surface area contributed by atoms with E-state index < -0.39 is 11.7 Å². The fraction of sp³-hybridized carbons (Fsp3) is 0.190. The molecule has 0 bridgehead atoms. The molecular weight excluding hydrogens is 340 g/mol. The molecule has 6 nitrogen and oxygen atoms in total. The van der Waals surface area contributed by atoms with Crippen LogP contribution in [0.5, 0.6) is 0 Å². The van der Waals surface area contributed by atoms with Gasteiger partial charge >= 0.3 is 6.09 Å². The van der Waals surface area contributed by atoms with E-state index in [4.69, 9.17) is 10.5 Å². The Hall–Kier alpha value is -3.41. The third-order valence-corrected chi connectivity index (χ3v) is 3.79. The molecule has 0 spiro atoms. The molecule has 1 aromatic heterocycles. The predicted octanol–water partition coefficient (Wildman–Crippen LogP) is 4.93. The zero-order valence-corrected chi connectivity index (χ0v) is 15.6. The molecule has 3 rings (SSSR count). The Bertz CT molecular complexity index is 1010. The maximum Gasteiger partial charge on any atom is 0.420 e. The molecule has 1 amide bonds. The van der Waals surface area contributed by atoms with E-state index in [1.165, 1.54) is 11.2 Å². The number of rotatable bonds is 3. The van der Waals surface area contributed by atoms with Crippen molar-refractivity contribution in [2.24, 2.45) is 0 Å². The lowest BCUT2D eigenvalue weighted by molar-refractivity contribution is 0.0598. The molecule has 27 heavy (non-hydrogen) atoms. The van der Waals surface area contributed by atoms with Crippen LogP contribution in [0.4, 0.5) is 22.0 Å². The summed E-state index contributed by atoms with van der Waals surface area (Å²) >= 11 is 0. The number of nitrogens with zero attached hydrogens (tertiary/aromatic N) is 3. The first-order valence-electron chi connectivity index (χ1n) is 8.54. The Kier molecular flexibility index (Phi) is 4.81. The zero-order valence-electron chi connectivity index (χ0n) is 15.6. The molecule has 0 unspecified atom stereocenters. The van der Waals surface area contributed by atoms with Gasteiger partial charge in [-0.2, -0.15) is 0 Å². The standard InChI is InChI=1S/C21H22N4O2/c1-5-14-7-6-8-16(11-14)25(20(26)27-21(2,3)4)19-17-12-15(22)9-10-18(17)23-13-24-19/h5-13H,1,22H2,2-4H3. The van der Waals surface area contributed by atoms with E-state index in [-0.39, 0.29) is 0 Å². The van der Waals surface area contributed by atoms with Gasteiger partial charge in [-0.1, -0.05) is 24.8 Å². The molecule has 0 fully saturated rings. The molecule has 1 heterocycles. The van der Waals surface area contributed by atoms with Crippen LogP contribution in [0.1, 0.15) is 26.3 Å². The molecule has 0 radical (unpaired) electrons. The normalized spacial score (nSPS) is 11.2. The number of fused-ring (bicyclic) bond motifs is 1. The Morgan fingerprint density at radius 1 is 1.19 bits per heavy atom. The zero-order chi connectivity index (χ0) is 19.6. The van der Waals surface area contributed by atoms with Gasteiger partial charge in [-0.25, -0.2) is 19.7 Å². The maximum absolute atomic E-state index is 13.1. The van der Waals surface area contributed by atoms with Crippen molar-refractivity contribution in [1.29, 1.82) is 0 Å². The van der Waals surface area contributed by atoms with Crippen LogP contribution >= 0.6 is 0 Å². The van der Waals surface area contributed by atoms with Crippen molar-refractivity contribution < 1.29 is 9.53 Å². The Morgan fingerprint density at radius 2 is 1.96 bits per heavy atom. The molecule has 6 heteroatoms. The third kappa shape index (κ3) is 4.06. The summed E-state index contributed by atoms with van der Waals surface area (Å²) in [6, 6.07) is 12.7. The molecular formula is C21H22N4O2. The molecule has 0 saturated carbocycles. The van der Waals surface area contributed by atoms with Crippen molar-refractivity contribution in [2.75, 3.05) is 10.6 Å². The summed E-state index contributed by atoms with van der Waals surface area (Å²) in [4.78, 5) is 23.1. The van der Waals surface area contributed by atoms with E-state index in [0.29, 0.717) is 28.1 Å². The lowest BCUT2D eigenvalue weighted by Crippen LogP contribution is -2.34. The number of ether oxygens (including phenoxy) is 1. The number of benzene rings is 2. The van der Waals surface area contributed by atoms with Crippen LogP contribution in [0.2, 0.25) is 0 Å². The van der Waals surface area contributed by atoms with E-state index in [2.05, 4.69) is 16.5 Å². The molecule has 0 aliphatic rings. The van der Waals surface area contributed by atoms with Gasteiger partial charge in [0.2, 0.25) is 0 Å². The first-order valence-corrected chi connectivity index (χ1v) is 8.54. The van der Waals surface area contributed by atoms with Gasteiger partial charge in [0, 0.05) is 11.1 Å². The molecule has 0 aliphatic carbocycles. The van der Waals surface area contributed by atoms with Crippen molar-refractivity contribution in [3.05, 3.63) is 60.9 Å². The number of aromatic nitrogens is 2. The van der Waals surface area contributed by atoms with Crippen molar-refractivity contribution >= 4 is 40.3 Å². The highest BCUT2D eigenvalue weighted by Crippen LogP contribution is 2.32. The smallest absolute Gasteiger partial charge is 0.420 e. The molecule has 0 saturated heterocycles.